The summed E-state index contributed by atoms with van der Waals surface area (Å²) in [5.41, 5.74) is 1.69. The third kappa shape index (κ3) is 2.79. The minimum atomic E-state index is -0.0539. The molecule has 0 bridgehead atoms. The van der Waals surface area contributed by atoms with Gasteiger partial charge >= 0.3 is 6.03 Å². The number of hydrogen-bond donors (Lipinski definition) is 1. The number of nitrogens with zero attached hydrogens (tertiary/aromatic N) is 4. The Morgan fingerprint density at radius 2 is 2.15 bits per heavy atom. The molecule has 104 valence electrons. The second-order valence-corrected chi connectivity index (χ2v) is 4.99. The maximum Gasteiger partial charge on any atom is 0.317 e. The van der Waals surface area contributed by atoms with Crippen LogP contribution in [0.1, 0.15) is 18.5 Å². The van der Waals surface area contributed by atoms with Gasteiger partial charge in [-0.3, -0.25) is 0 Å². The lowest BCUT2D eigenvalue weighted by atomic mass is 10.3. The van der Waals surface area contributed by atoms with E-state index in [0.29, 0.717) is 12.6 Å². The largest absolute Gasteiger partial charge is 0.332 e. The van der Waals surface area contributed by atoms with E-state index in [1.165, 1.54) is 0 Å². The van der Waals surface area contributed by atoms with Crippen LogP contribution in [-0.2, 0) is 6.54 Å². The zero-order valence-electron chi connectivity index (χ0n) is 11.4. The first-order valence-corrected chi connectivity index (χ1v) is 6.71. The summed E-state index contributed by atoms with van der Waals surface area (Å²) >= 11 is 0. The fourth-order valence-electron chi connectivity index (χ4n) is 2.00. The van der Waals surface area contributed by atoms with Crippen molar-refractivity contribution in [2.45, 2.75) is 25.4 Å². The van der Waals surface area contributed by atoms with Crippen molar-refractivity contribution in [2.24, 2.45) is 0 Å². The van der Waals surface area contributed by atoms with Crippen LogP contribution in [0.25, 0.3) is 5.69 Å². The van der Waals surface area contributed by atoms with Crippen LogP contribution in [0.3, 0.4) is 0 Å². The van der Waals surface area contributed by atoms with Crippen molar-refractivity contribution in [1.29, 1.82) is 0 Å². The zero-order chi connectivity index (χ0) is 13.9. The summed E-state index contributed by atoms with van der Waals surface area (Å²) in [5.74, 6) is 0. The number of rotatable bonds is 4. The molecule has 2 amide bonds. The molecular formula is C14H17N5O. The van der Waals surface area contributed by atoms with E-state index in [2.05, 4.69) is 15.6 Å². The minimum Gasteiger partial charge on any atom is -0.332 e. The molecule has 3 rings (SSSR count). The van der Waals surface area contributed by atoms with Gasteiger partial charge in [0, 0.05) is 13.1 Å². The molecule has 6 nitrogen and oxygen atoms in total. The maximum atomic E-state index is 11.8. The van der Waals surface area contributed by atoms with Gasteiger partial charge in [0.2, 0.25) is 0 Å². The third-order valence-electron chi connectivity index (χ3n) is 3.40. The molecule has 1 aromatic heterocycles. The third-order valence-corrected chi connectivity index (χ3v) is 3.40. The van der Waals surface area contributed by atoms with Crippen LogP contribution in [0.15, 0.2) is 36.5 Å². The first kappa shape index (κ1) is 12.7. The molecule has 1 N–H and O–H groups in total. The van der Waals surface area contributed by atoms with Gasteiger partial charge in [-0.15, -0.1) is 5.10 Å². The second kappa shape index (κ2) is 5.32. The van der Waals surface area contributed by atoms with Crippen LogP contribution >= 0.6 is 0 Å². The van der Waals surface area contributed by atoms with E-state index in [1.54, 1.807) is 9.58 Å². The van der Waals surface area contributed by atoms with Crippen LogP contribution in [0.5, 0.6) is 0 Å². The van der Waals surface area contributed by atoms with Gasteiger partial charge in [0.15, 0.2) is 0 Å². The molecule has 1 aliphatic carbocycles. The summed E-state index contributed by atoms with van der Waals surface area (Å²) in [6.45, 7) is 0.392. The monoisotopic (exact) mass is 271 g/mol. The Balaban J connectivity index is 1.59. The molecule has 0 spiro atoms. The minimum absolute atomic E-state index is 0.0539. The van der Waals surface area contributed by atoms with Crippen LogP contribution in [0, 0.1) is 0 Å². The summed E-state index contributed by atoms with van der Waals surface area (Å²) < 4.78 is 1.70. The van der Waals surface area contributed by atoms with Crippen LogP contribution in [-0.4, -0.2) is 39.0 Å². The Hall–Kier alpha value is -2.37. The number of carbonyl (C=O) groups is 1. The quantitative estimate of drug-likeness (QED) is 0.918. The van der Waals surface area contributed by atoms with E-state index >= 15 is 0 Å². The van der Waals surface area contributed by atoms with E-state index in [4.69, 9.17) is 0 Å². The molecule has 0 aliphatic heterocycles. The molecule has 0 radical (unpaired) electrons. The second-order valence-electron chi connectivity index (χ2n) is 4.99. The fourth-order valence-corrected chi connectivity index (χ4v) is 2.00. The maximum absolute atomic E-state index is 11.8. The smallest absolute Gasteiger partial charge is 0.317 e. The van der Waals surface area contributed by atoms with Crippen molar-refractivity contribution in [3.05, 3.63) is 42.2 Å². The number of carbonyl (C=O) groups excluding carboxylic acids is 1. The summed E-state index contributed by atoms with van der Waals surface area (Å²) in [6.07, 6.45) is 4.04. The molecule has 1 saturated carbocycles. The number of aromatic nitrogens is 3. The Morgan fingerprint density at radius 1 is 1.40 bits per heavy atom. The number of urea groups is 1. The summed E-state index contributed by atoms with van der Waals surface area (Å²) in [4.78, 5) is 13.6. The first-order valence-electron chi connectivity index (χ1n) is 6.71. The summed E-state index contributed by atoms with van der Waals surface area (Å²) in [6, 6.07) is 10.1. The van der Waals surface area contributed by atoms with E-state index in [-0.39, 0.29) is 6.03 Å². The molecule has 2 aromatic rings. The average Bonchev–Trinajstić information content (AvgIpc) is 3.23. The number of benzene rings is 1. The van der Waals surface area contributed by atoms with Crippen molar-refractivity contribution in [3.8, 4) is 5.69 Å². The van der Waals surface area contributed by atoms with Gasteiger partial charge in [0.05, 0.1) is 18.4 Å². The molecule has 1 aliphatic rings. The van der Waals surface area contributed by atoms with Crippen molar-refractivity contribution in [1.82, 2.24) is 25.2 Å². The molecule has 1 aromatic carbocycles. The van der Waals surface area contributed by atoms with E-state index in [1.807, 2.05) is 43.6 Å². The van der Waals surface area contributed by atoms with Gasteiger partial charge < -0.3 is 10.2 Å². The Morgan fingerprint density at radius 3 is 2.85 bits per heavy atom. The van der Waals surface area contributed by atoms with Gasteiger partial charge in [0.25, 0.3) is 0 Å². The van der Waals surface area contributed by atoms with Crippen LogP contribution < -0.4 is 5.32 Å². The van der Waals surface area contributed by atoms with E-state index < -0.39 is 0 Å². The van der Waals surface area contributed by atoms with Gasteiger partial charge in [-0.05, 0) is 25.0 Å². The molecule has 6 heteroatoms. The predicted octanol–water partition coefficient (Wildman–Crippen LogP) is 1.57. The van der Waals surface area contributed by atoms with Crippen molar-refractivity contribution < 1.29 is 4.79 Å². The molecular weight excluding hydrogens is 254 g/mol. The van der Waals surface area contributed by atoms with Gasteiger partial charge in [-0.2, -0.15) is 0 Å². The van der Waals surface area contributed by atoms with Gasteiger partial charge in [-0.25, -0.2) is 9.48 Å². The number of hydrogen-bond acceptors (Lipinski definition) is 3. The summed E-state index contributed by atoms with van der Waals surface area (Å²) in [7, 11) is 1.83. The zero-order valence-corrected chi connectivity index (χ0v) is 11.4. The SMILES string of the molecule is CN(C(=O)NCc1cn(-c2ccccc2)nn1)C1CC1. The van der Waals surface area contributed by atoms with E-state index in [0.717, 1.165) is 24.2 Å². The van der Waals surface area contributed by atoms with E-state index in [9.17, 15) is 4.79 Å². The fraction of sp³-hybridized carbons (Fsp3) is 0.357. The molecule has 0 atom stereocenters. The molecule has 1 fully saturated rings. The highest BCUT2D eigenvalue weighted by Crippen LogP contribution is 2.25. The molecule has 0 saturated heterocycles. The Bertz CT molecular complexity index is 591. The Labute approximate surface area is 117 Å². The average molecular weight is 271 g/mol. The lowest BCUT2D eigenvalue weighted by Gasteiger charge is -2.16. The predicted molar refractivity (Wildman–Crippen MR) is 74.4 cm³/mol. The lowest BCUT2D eigenvalue weighted by Crippen LogP contribution is -2.38. The molecule has 1 heterocycles. The normalized spacial score (nSPS) is 14.1. The van der Waals surface area contributed by atoms with Gasteiger partial charge in [-0.1, -0.05) is 23.4 Å². The number of amides is 2. The standard InChI is InChI=1S/C14H17N5O/c1-18(12-7-8-12)14(20)15-9-11-10-19(17-16-11)13-5-3-2-4-6-13/h2-6,10,12H,7-9H2,1H3,(H,15,20). The summed E-state index contributed by atoms with van der Waals surface area (Å²) in [5, 5.41) is 11.0. The Kier molecular flexibility index (Phi) is 3.37. The highest BCUT2D eigenvalue weighted by molar-refractivity contribution is 5.74. The molecule has 20 heavy (non-hydrogen) atoms. The van der Waals surface area contributed by atoms with Crippen molar-refractivity contribution >= 4 is 6.03 Å². The number of nitrogens with one attached hydrogen (secondary N) is 1. The van der Waals surface area contributed by atoms with Crippen molar-refractivity contribution in [3.63, 3.8) is 0 Å². The topological polar surface area (TPSA) is 63.1 Å². The molecule has 0 unspecified atom stereocenters. The lowest BCUT2D eigenvalue weighted by molar-refractivity contribution is 0.206. The first-order chi connectivity index (χ1) is 9.74. The van der Waals surface area contributed by atoms with Gasteiger partial charge in [0.1, 0.15) is 5.69 Å². The van der Waals surface area contributed by atoms with Crippen LogP contribution in [0.4, 0.5) is 4.79 Å². The highest BCUT2D eigenvalue weighted by Gasteiger charge is 2.29. The number of para-hydroxylation sites is 1. The highest BCUT2D eigenvalue weighted by atomic mass is 16.2. The van der Waals surface area contributed by atoms with Crippen LogP contribution in [0.2, 0.25) is 0 Å². The van der Waals surface area contributed by atoms with Crippen molar-refractivity contribution in [2.75, 3.05) is 7.05 Å².